The summed E-state index contributed by atoms with van der Waals surface area (Å²) in [5.74, 6) is 0. The Morgan fingerprint density at radius 1 is 1.38 bits per heavy atom. The molecule has 1 aromatic carbocycles. The molecule has 0 radical (unpaired) electrons. The number of benzene rings is 1. The van der Waals surface area contributed by atoms with E-state index >= 15 is 0 Å². The molecule has 0 aliphatic carbocycles. The molecule has 2 rings (SSSR count). The van der Waals surface area contributed by atoms with E-state index in [9.17, 15) is 5.11 Å². The van der Waals surface area contributed by atoms with Crippen molar-refractivity contribution >= 4 is 23.1 Å². The van der Waals surface area contributed by atoms with E-state index in [1.807, 2.05) is 19.1 Å². The molecule has 16 heavy (non-hydrogen) atoms. The summed E-state index contributed by atoms with van der Waals surface area (Å²) in [7, 11) is 0. The van der Waals surface area contributed by atoms with E-state index in [2.05, 4.69) is 9.59 Å². The number of aliphatic hydroxyl groups is 1. The number of hydrogen-bond acceptors (Lipinski definition) is 4. The van der Waals surface area contributed by atoms with Crippen LogP contribution in [0.5, 0.6) is 0 Å². The lowest BCUT2D eigenvalue weighted by Gasteiger charge is -2.09. The van der Waals surface area contributed by atoms with Crippen LogP contribution in [0.2, 0.25) is 5.02 Å². The maximum absolute atomic E-state index is 10.2. The molecule has 0 aliphatic heterocycles. The zero-order chi connectivity index (χ0) is 11.5. The summed E-state index contributed by atoms with van der Waals surface area (Å²) >= 11 is 7.03. The number of aryl methyl sites for hydroxylation is 1. The fourth-order valence-electron chi connectivity index (χ4n) is 1.46. The van der Waals surface area contributed by atoms with Crippen LogP contribution < -0.4 is 0 Å². The SMILES string of the molecule is CCc1nnsc1C(O)c1ccc(Cl)cc1. The Morgan fingerprint density at radius 2 is 2.06 bits per heavy atom. The molecular weight excluding hydrogens is 244 g/mol. The Bertz CT molecular complexity index is 469. The average molecular weight is 255 g/mol. The molecule has 0 fully saturated rings. The maximum atomic E-state index is 10.2. The molecule has 5 heteroatoms. The molecule has 0 aliphatic rings. The number of nitrogens with zero attached hydrogens (tertiary/aromatic N) is 2. The molecule has 3 nitrogen and oxygen atoms in total. The second-order valence-electron chi connectivity index (χ2n) is 3.39. The lowest BCUT2D eigenvalue weighted by atomic mass is 10.1. The maximum Gasteiger partial charge on any atom is 0.117 e. The van der Waals surface area contributed by atoms with Crippen molar-refractivity contribution in [3.05, 3.63) is 45.4 Å². The molecule has 1 heterocycles. The normalized spacial score (nSPS) is 12.7. The van der Waals surface area contributed by atoms with Gasteiger partial charge in [0.05, 0.1) is 10.6 Å². The predicted octanol–water partition coefficient (Wildman–Crippen LogP) is 2.84. The van der Waals surface area contributed by atoms with Gasteiger partial charge in [0.2, 0.25) is 0 Å². The quantitative estimate of drug-likeness (QED) is 0.916. The molecule has 1 atom stereocenters. The molecule has 2 aromatic rings. The van der Waals surface area contributed by atoms with Crippen LogP contribution in [0.4, 0.5) is 0 Å². The first-order valence-electron chi connectivity index (χ1n) is 4.97. The highest BCUT2D eigenvalue weighted by atomic mass is 35.5. The minimum Gasteiger partial charge on any atom is -0.383 e. The fraction of sp³-hybridized carbons (Fsp3) is 0.273. The summed E-state index contributed by atoms with van der Waals surface area (Å²) in [5, 5.41) is 14.8. The second-order valence-corrected chi connectivity index (χ2v) is 4.61. The van der Waals surface area contributed by atoms with Gasteiger partial charge in [-0.2, -0.15) is 0 Å². The van der Waals surface area contributed by atoms with Gasteiger partial charge in [0.25, 0.3) is 0 Å². The van der Waals surface area contributed by atoms with Gasteiger partial charge in [-0.25, -0.2) is 0 Å². The Hall–Kier alpha value is -0.970. The molecular formula is C11H11ClN2OS. The van der Waals surface area contributed by atoms with E-state index < -0.39 is 6.10 Å². The third-order valence-corrected chi connectivity index (χ3v) is 3.42. The highest BCUT2D eigenvalue weighted by Crippen LogP contribution is 2.27. The third kappa shape index (κ3) is 2.24. The van der Waals surface area contributed by atoms with Crippen molar-refractivity contribution in [2.24, 2.45) is 0 Å². The van der Waals surface area contributed by atoms with Crippen molar-refractivity contribution in [1.29, 1.82) is 0 Å². The number of rotatable bonds is 3. The summed E-state index contributed by atoms with van der Waals surface area (Å²) in [6.45, 7) is 1.99. The molecule has 84 valence electrons. The van der Waals surface area contributed by atoms with Crippen LogP contribution in [-0.4, -0.2) is 14.7 Å². The van der Waals surface area contributed by atoms with Gasteiger partial charge in [-0.1, -0.05) is 35.1 Å². The molecule has 0 amide bonds. The first-order valence-corrected chi connectivity index (χ1v) is 6.12. The van der Waals surface area contributed by atoms with Gasteiger partial charge in [0.1, 0.15) is 6.10 Å². The first kappa shape index (κ1) is 11.5. The number of halogens is 1. The zero-order valence-electron chi connectivity index (χ0n) is 8.72. The Balaban J connectivity index is 2.31. The molecule has 0 bridgehead atoms. The molecule has 1 unspecified atom stereocenters. The van der Waals surface area contributed by atoms with Crippen molar-refractivity contribution < 1.29 is 5.11 Å². The third-order valence-electron chi connectivity index (χ3n) is 2.35. The van der Waals surface area contributed by atoms with Crippen molar-refractivity contribution in [2.75, 3.05) is 0 Å². The number of aliphatic hydroxyl groups excluding tert-OH is 1. The van der Waals surface area contributed by atoms with Crippen LogP contribution >= 0.6 is 23.1 Å². The summed E-state index contributed by atoms with van der Waals surface area (Å²) in [4.78, 5) is 0.810. The molecule has 0 saturated carbocycles. The highest BCUT2D eigenvalue weighted by molar-refractivity contribution is 7.05. The highest BCUT2D eigenvalue weighted by Gasteiger charge is 2.17. The zero-order valence-corrected chi connectivity index (χ0v) is 10.3. The molecule has 1 N–H and O–H groups in total. The van der Waals surface area contributed by atoms with Gasteiger partial charge in [-0.3, -0.25) is 0 Å². The van der Waals surface area contributed by atoms with Crippen LogP contribution in [0.1, 0.15) is 29.2 Å². The smallest absolute Gasteiger partial charge is 0.117 e. The van der Waals surface area contributed by atoms with Gasteiger partial charge >= 0.3 is 0 Å². The summed E-state index contributed by atoms with van der Waals surface area (Å²) < 4.78 is 3.86. The first-order chi connectivity index (χ1) is 7.72. The van der Waals surface area contributed by atoms with E-state index in [1.54, 1.807) is 12.1 Å². The van der Waals surface area contributed by atoms with Crippen LogP contribution in [0.3, 0.4) is 0 Å². The molecule has 0 spiro atoms. The number of aromatic nitrogens is 2. The van der Waals surface area contributed by atoms with E-state index in [0.717, 1.165) is 22.6 Å². The lowest BCUT2D eigenvalue weighted by Crippen LogP contribution is -2.00. The second kappa shape index (κ2) is 4.91. The molecule has 1 aromatic heterocycles. The standard InChI is InChI=1S/C11H11ClN2OS/c1-2-9-11(16-14-13-9)10(15)7-3-5-8(12)6-4-7/h3-6,10,15H,2H2,1H3. The Kier molecular flexibility index (Phi) is 3.53. The summed E-state index contributed by atoms with van der Waals surface area (Å²) in [6.07, 6.45) is 0.114. The van der Waals surface area contributed by atoms with E-state index in [-0.39, 0.29) is 0 Å². The van der Waals surface area contributed by atoms with Gasteiger partial charge < -0.3 is 5.11 Å². The minimum absolute atomic E-state index is 0.660. The van der Waals surface area contributed by atoms with Gasteiger partial charge in [-0.15, -0.1) is 5.10 Å². The van der Waals surface area contributed by atoms with Crippen LogP contribution in [0.25, 0.3) is 0 Å². The molecule has 0 saturated heterocycles. The van der Waals surface area contributed by atoms with Crippen LogP contribution in [0, 0.1) is 0 Å². The Morgan fingerprint density at radius 3 is 2.69 bits per heavy atom. The van der Waals surface area contributed by atoms with Gasteiger partial charge in [0, 0.05) is 5.02 Å². The Labute approximate surface area is 103 Å². The van der Waals surface area contributed by atoms with Crippen LogP contribution in [0.15, 0.2) is 24.3 Å². The van der Waals surface area contributed by atoms with Gasteiger partial charge in [-0.05, 0) is 35.6 Å². The van der Waals surface area contributed by atoms with E-state index in [0.29, 0.717) is 5.02 Å². The predicted molar refractivity (Wildman–Crippen MR) is 64.8 cm³/mol. The summed E-state index contributed by atoms with van der Waals surface area (Å²) in [5.41, 5.74) is 1.66. The van der Waals surface area contributed by atoms with E-state index in [4.69, 9.17) is 11.6 Å². The van der Waals surface area contributed by atoms with Crippen LogP contribution in [-0.2, 0) is 6.42 Å². The minimum atomic E-state index is -0.660. The lowest BCUT2D eigenvalue weighted by molar-refractivity contribution is 0.223. The van der Waals surface area contributed by atoms with E-state index in [1.165, 1.54) is 11.5 Å². The van der Waals surface area contributed by atoms with Crippen molar-refractivity contribution in [1.82, 2.24) is 9.59 Å². The fourth-order valence-corrected chi connectivity index (χ4v) is 2.34. The topological polar surface area (TPSA) is 46.0 Å². The van der Waals surface area contributed by atoms with Gasteiger partial charge in [0.15, 0.2) is 0 Å². The van der Waals surface area contributed by atoms with Crippen molar-refractivity contribution in [2.45, 2.75) is 19.4 Å². The van der Waals surface area contributed by atoms with Crippen molar-refractivity contribution in [3.8, 4) is 0 Å². The largest absolute Gasteiger partial charge is 0.383 e. The monoisotopic (exact) mass is 254 g/mol. The number of hydrogen-bond donors (Lipinski definition) is 1. The summed E-state index contributed by atoms with van der Waals surface area (Å²) in [6, 6.07) is 7.15. The average Bonchev–Trinajstić information content (AvgIpc) is 2.77. The van der Waals surface area contributed by atoms with Crippen molar-refractivity contribution in [3.63, 3.8) is 0 Å².